The normalized spacial score (nSPS) is 18.3. The molecule has 7 heteroatoms. The largest absolute Gasteiger partial charge is 0.382 e. The minimum Gasteiger partial charge on any atom is -0.382 e. The fourth-order valence-corrected chi connectivity index (χ4v) is 6.61. The summed E-state index contributed by atoms with van der Waals surface area (Å²) in [7, 11) is 0. The van der Waals surface area contributed by atoms with Crippen molar-refractivity contribution in [3.8, 4) is 5.69 Å². The van der Waals surface area contributed by atoms with Crippen molar-refractivity contribution in [2.75, 3.05) is 16.8 Å². The molecule has 2 aliphatic rings. The van der Waals surface area contributed by atoms with E-state index in [1.807, 2.05) is 23.4 Å². The average Bonchev–Trinajstić information content (AvgIpc) is 3.09. The number of nitrogens with zero attached hydrogens (tertiary/aromatic N) is 2. The van der Waals surface area contributed by atoms with Gasteiger partial charge < -0.3 is 10.3 Å². The molecule has 0 spiro atoms. The third-order valence-corrected chi connectivity index (χ3v) is 8.10. The molecule has 0 saturated carbocycles. The fraction of sp³-hybridized carbons (Fsp3) is 0.519. The predicted molar refractivity (Wildman–Crippen MR) is 141 cm³/mol. The first kappa shape index (κ1) is 23.2. The molecule has 1 aromatic carbocycles. The molecule has 1 aliphatic carbocycles. The molecule has 3 aromatic rings. The molecule has 3 heterocycles. The molecule has 5 rings (SSSR count). The molecular formula is C27H34N4O2S. The van der Waals surface area contributed by atoms with Crippen molar-refractivity contribution in [3.05, 3.63) is 51.2 Å². The maximum Gasteiger partial charge on any atom is 0.258 e. The van der Waals surface area contributed by atoms with E-state index in [4.69, 9.17) is 5.10 Å². The van der Waals surface area contributed by atoms with Gasteiger partial charge in [-0.15, -0.1) is 0 Å². The molecule has 34 heavy (non-hydrogen) atoms. The summed E-state index contributed by atoms with van der Waals surface area (Å²) in [6.07, 6.45) is 5.31. The van der Waals surface area contributed by atoms with E-state index in [0.29, 0.717) is 17.8 Å². The van der Waals surface area contributed by atoms with Gasteiger partial charge in [0, 0.05) is 23.8 Å². The first-order valence-corrected chi connectivity index (χ1v) is 13.6. The van der Waals surface area contributed by atoms with Crippen LogP contribution >= 0.6 is 11.8 Å². The van der Waals surface area contributed by atoms with Crippen molar-refractivity contribution in [1.29, 1.82) is 0 Å². The number of ketones is 1. The Labute approximate surface area is 204 Å². The van der Waals surface area contributed by atoms with E-state index in [-0.39, 0.29) is 16.8 Å². The number of H-pyrrole nitrogens is 1. The molecule has 6 nitrogen and oxygen atoms in total. The fourth-order valence-electron chi connectivity index (χ4n) is 5.50. The molecule has 1 aliphatic heterocycles. The summed E-state index contributed by atoms with van der Waals surface area (Å²) in [5.74, 6) is 2.44. The zero-order valence-corrected chi connectivity index (χ0v) is 21.4. The molecule has 1 fully saturated rings. The van der Waals surface area contributed by atoms with Crippen LogP contribution in [0.1, 0.15) is 73.9 Å². The zero-order valence-electron chi connectivity index (χ0n) is 20.6. The number of thioether (sulfide) groups is 1. The van der Waals surface area contributed by atoms with Gasteiger partial charge in [0.25, 0.3) is 5.56 Å². The van der Waals surface area contributed by atoms with Crippen LogP contribution in [-0.2, 0) is 12.8 Å². The van der Waals surface area contributed by atoms with Crippen LogP contribution in [0, 0.1) is 12.3 Å². The van der Waals surface area contributed by atoms with Crippen molar-refractivity contribution in [3.63, 3.8) is 0 Å². The number of carbonyl (C=O) groups is 1. The van der Waals surface area contributed by atoms with Gasteiger partial charge in [0.15, 0.2) is 5.78 Å². The quantitative estimate of drug-likeness (QED) is 0.511. The Balaban J connectivity index is 1.70. The van der Waals surface area contributed by atoms with Gasteiger partial charge in [0.05, 0.1) is 28.0 Å². The van der Waals surface area contributed by atoms with Crippen LogP contribution in [0.5, 0.6) is 0 Å². The maximum atomic E-state index is 13.2. The zero-order chi connectivity index (χ0) is 24.0. The Hall–Kier alpha value is -2.54. The van der Waals surface area contributed by atoms with Gasteiger partial charge in [-0.05, 0) is 73.1 Å². The number of hydrogen-bond donors (Lipinski definition) is 2. The van der Waals surface area contributed by atoms with E-state index in [1.54, 1.807) is 0 Å². The van der Waals surface area contributed by atoms with Crippen LogP contribution < -0.4 is 10.9 Å². The number of aromatic amines is 1. The van der Waals surface area contributed by atoms with Crippen molar-refractivity contribution in [2.24, 2.45) is 5.41 Å². The van der Waals surface area contributed by atoms with Gasteiger partial charge in [-0.3, -0.25) is 9.59 Å². The lowest BCUT2D eigenvalue weighted by molar-refractivity contribution is 0.0910. The predicted octanol–water partition coefficient (Wildman–Crippen LogP) is 5.44. The monoisotopic (exact) mass is 478 g/mol. The molecule has 0 unspecified atom stereocenters. The second kappa shape index (κ2) is 8.91. The topological polar surface area (TPSA) is 79.8 Å². The van der Waals surface area contributed by atoms with Gasteiger partial charge in [0.1, 0.15) is 0 Å². The van der Waals surface area contributed by atoms with Crippen molar-refractivity contribution >= 4 is 34.0 Å². The van der Waals surface area contributed by atoms with E-state index < -0.39 is 0 Å². The molecule has 0 atom stereocenters. The van der Waals surface area contributed by atoms with Gasteiger partial charge in [-0.2, -0.15) is 16.9 Å². The Morgan fingerprint density at radius 2 is 1.94 bits per heavy atom. The number of anilines is 1. The molecule has 0 radical (unpaired) electrons. The third-order valence-electron chi connectivity index (χ3n) is 7.05. The second-order valence-corrected chi connectivity index (χ2v) is 11.8. The van der Waals surface area contributed by atoms with E-state index in [9.17, 15) is 9.59 Å². The molecule has 2 aromatic heterocycles. The first-order valence-electron chi connectivity index (χ1n) is 12.4. The second-order valence-electron chi connectivity index (χ2n) is 10.6. The van der Waals surface area contributed by atoms with Crippen molar-refractivity contribution in [1.82, 2.24) is 14.8 Å². The Kier molecular flexibility index (Phi) is 6.09. The summed E-state index contributed by atoms with van der Waals surface area (Å²) >= 11 is 1.99. The molecular weight excluding hydrogens is 444 g/mol. The Morgan fingerprint density at radius 1 is 1.18 bits per heavy atom. The number of carbonyl (C=O) groups excluding carboxylic acids is 1. The molecule has 180 valence electrons. The van der Waals surface area contributed by atoms with Crippen LogP contribution in [0.2, 0.25) is 0 Å². The minimum atomic E-state index is -0.0998. The van der Waals surface area contributed by atoms with Crippen LogP contribution in [0.3, 0.4) is 0 Å². The molecule has 1 saturated heterocycles. The third kappa shape index (κ3) is 4.30. The number of aromatic nitrogens is 3. The number of fused-ring (bicyclic) bond motifs is 2. The highest BCUT2D eigenvalue weighted by Crippen LogP contribution is 2.38. The van der Waals surface area contributed by atoms with Gasteiger partial charge in [-0.1, -0.05) is 27.2 Å². The molecule has 2 N–H and O–H groups in total. The standard InChI is InChI=1S/C27H34N4O2S/c1-5-6-19-11-17-12-20(31-22-14-27(3,4)15-23(32)24(22)16(2)30-31)13-21(25(17)26(33)29-19)28-18-7-9-34-10-8-18/h11-13,18,28H,5-10,14-15H2,1-4H3,(H,29,33). The maximum absolute atomic E-state index is 13.2. The number of rotatable bonds is 5. The number of hydrogen-bond acceptors (Lipinski definition) is 5. The number of benzene rings is 1. The van der Waals surface area contributed by atoms with E-state index >= 15 is 0 Å². The number of Topliss-reactive ketones (excluding diaryl/α,β-unsaturated/α-hetero) is 1. The van der Waals surface area contributed by atoms with Crippen molar-refractivity contribution in [2.45, 2.75) is 72.3 Å². The highest BCUT2D eigenvalue weighted by Gasteiger charge is 2.36. The van der Waals surface area contributed by atoms with Gasteiger partial charge >= 0.3 is 0 Å². The molecule has 0 bridgehead atoms. The highest BCUT2D eigenvalue weighted by atomic mass is 32.2. The Bertz CT molecular complexity index is 1310. The van der Waals surface area contributed by atoms with E-state index in [0.717, 1.165) is 83.0 Å². The van der Waals surface area contributed by atoms with Crippen LogP contribution in [0.4, 0.5) is 5.69 Å². The van der Waals surface area contributed by atoms with Crippen LogP contribution in [-0.4, -0.2) is 38.1 Å². The Morgan fingerprint density at radius 3 is 2.68 bits per heavy atom. The smallest absolute Gasteiger partial charge is 0.258 e. The molecule has 0 amide bonds. The summed E-state index contributed by atoms with van der Waals surface area (Å²) in [5, 5.41) is 10.2. The number of pyridine rings is 1. The van der Waals surface area contributed by atoms with Crippen LogP contribution in [0.15, 0.2) is 23.0 Å². The summed E-state index contributed by atoms with van der Waals surface area (Å²) < 4.78 is 1.95. The SMILES string of the molecule is CCCc1cc2cc(-n3nc(C)c4c3CC(C)(C)CC4=O)cc(NC3CCSCC3)c2c(=O)[nH]1. The minimum absolute atomic E-state index is 0.0461. The van der Waals surface area contributed by atoms with Crippen LogP contribution in [0.25, 0.3) is 16.5 Å². The van der Waals surface area contributed by atoms with E-state index in [1.165, 1.54) is 0 Å². The van der Waals surface area contributed by atoms with Gasteiger partial charge in [0.2, 0.25) is 0 Å². The summed E-state index contributed by atoms with van der Waals surface area (Å²) in [6, 6.07) is 6.56. The first-order chi connectivity index (χ1) is 16.3. The summed E-state index contributed by atoms with van der Waals surface area (Å²) in [4.78, 5) is 29.2. The van der Waals surface area contributed by atoms with Gasteiger partial charge in [-0.25, -0.2) is 4.68 Å². The average molecular weight is 479 g/mol. The lowest BCUT2D eigenvalue weighted by atomic mass is 9.75. The number of aryl methyl sites for hydroxylation is 2. The summed E-state index contributed by atoms with van der Waals surface area (Å²) in [6.45, 7) is 8.33. The van der Waals surface area contributed by atoms with E-state index in [2.05, 4.69) is 49.3 Å². The summed E-state index contributed by atoms with van der Waals surface area (Å²) in [5.41, 5.74) is 5.11. The number of nitrogens with one attached hydrogen (secondary N) is 2. The highest BCUT2D eigenvalue weighted by molar-refractivity contribution is 7.99. The lowest BCUT2D eigenvalue weighted by Gasteiger charge is -2.29. The van der Waals surface area contributed by atoms with Crippen molar-refractivity contribution < 1.29 is 4.79 Å². The lowest BCUT2D eigenvalue weighted by Crippen LogP contribution is -2.28.